The smallest absolute Gasteiger partial charge is 0.337 e. The Labute approximate surface area is 139 Å². The van der Waals surface area contributed by atoms with Crippen LogP contribution in [0.3, 0.4) is 0 Å². The number of rotatable bonds is 6. The van der Waals surface area contributed by atoms with Crippen LogP contribution in [0.25, 0.3) is 10.9 Å². The average molecular weight is 323 g/mol. The number of methoxy groups -OCH3 is 1. The Hall–Kier alpha value is -3.08. The Morgan fingerprint density at radius 2 is 2.04 bits per heavy atom. The molecule has 3 aromatic rings. The van der Waals surface area contributed by atoms with E-state index in [1.54, 1.807) is 24.3 Å². The fourth-order valence-corrected chi connectivity index (χ4v) is 2.56. The number of nitrogens with zero attached hydrogens (tertiary/aromatic N) is 1. The van der Waals surface area contributed by atoms with Crippen LogP contribution in [0, 0.1) is 0 Å². The van der Waals surface area contributed by atoms with Gasteiger partial charge in [0.15, 0.2) is 0 Å². The van der Waals surface area contributed by atoms with Gasteiger partial charge >= 0.3 is 5.97 Å². The fourth-order valence-electron chi connectivity index (χ4n) is 2.56. The molecule has 0 bridgehead atoms. The second-order valence-electron chi connectivity index (χ2n) is 5.31. The molecular formula is C19H17NO4. The van der Waals surface area contributed by atoms with Crippen molar-refractivity contribution >= 4 is 23.2 Å². The first kappa shape index (κ1) is 15.8. The van der Waals surface area contributed by atoms with Crippen molar-refractivity contribution in [3.63, 3.8) is 0 Å². The molecule has 0 aliphatic heterocycles. The molecule has 5 nitrogen and oxygen atoms in total. The summed E-state index contributed by atoms with van der Waals surface area (Å²) in [6, 6.07) is 14.5. The van der Waals surface area contributed by atoms with E-state index in [0.29, 0.717) is 30.0 Å². The highest BCUT2D eigenvalue weighted by molar-refractivity contribution is 5.94. The molecule has 0 saturated carbocycles. The van der Waals surface area contributed by atoms with Gasteiger partial charge in [-0.3, -0.25) is 4.79 Å². The highest BCUT2D eigenvalue weighted by Gasteiger charge is 2.08. The zero-order valence-corrected chi connectivity index (χ0v) is 13.3. The third-order valence-corrected chi connectivity index (χ3v) is 3.79. The molecule has 0 N–H and O–H groups in total. The first-order valence-electron chi connectivity index (χ1n) is 7.56. The van der Waals surface area contributed by atoms with Gasteiger partial charge in [-0.15, -0.1) is 0 Å². The summed E-state index contributed by atoms with van der Waals surface area (Å²) in [6.45, 7) is 1.08. The van der Waals surface area contributed by atoms with E-state index >= 15 is 0 Å². The summed E-state index contributed by atoms with van der Waals surface area (Å²) >= 11 is 0. The molecule has 0 aliphatic rings. The van der Waals surface area contributed by atoms with E-state index in [0.717, 1.165) is 17.2 Å². The van der Waals surface area contributed by atoms with E-state index in [1.807, 2.05) is 35.0 Å². The SMILES string of the molecule is COC(=O)c1ccc2ccn(CCOc3cccc(C=O)c3)c2c1. The Bertz CT molecular complexity index is 882. The van der Waals surface area contributed by atoms with Crippen LogP contribution >= 0.6 is 0 Å². The molecule has 0 fully saturated rings. The number of benzene rings is 2. The lowest BCUT2D eigenvalue weighted by molar-refractivity contribution is 0.0601. The van der Waals surface area contributed by atoms with Gasteiger partial charge < -0.3 is 14.0 Å². The highest BCUT2D eigenvalue weighted by Crippen LogP contribution is 2.19. The number of carbonyl (C=O) groups excluding carboxylic acids is 2. The van der Waals surface area contributed by atoms with Gasteiger partial charge in [0.2, 0.25) is 0 Å². The van der Waals surface area contributed by atoms with Gasteiger partial charge in [-0.1, -0.05) is 18.2 Å². The third-order valence-electron chi connectivity index (χ3n) is 3.79. The number of hydrogen-bond donors (Lipinski definition) is 0. The normalized spacial score (nSPS) is 10.5. The zero-order chi connectivity index (χ0) is 16.9. The largest absolute Gasteiger partial charge is 0.492 e. The number of aromatic nitrogens is 1. The number of aldehydes is 1. The lowest BCUT2D eigenvalue weighted by Crippen LogP contribution is -2.08. The van der Waals surface area contributed by atoms with Gasteiger partial charge in [-0.05, 0) is 35.7 Å². The van der Waals surface area contributed by atoms with E-state index in [-0.39, 0.29) is 5.97 Å². The molecule has 0 spiro atoms. The molecule has 1 aromatic heterocycles. The average Bonchev–Trinajstić information content (AvgIpc) is 3.03. The van der Waals surface area contributed by atoms with Crippen molar-refractivity contribution in [1.82, 2.24) is 4.57 Å². The molecule has 0 radical (unpaired) electrons. The predicted molar refractivity (Wildman–Crippen MR) is 90.6 cm³/mol. The maximum absolute atomic E-state index is 11.7. The topological polar surface area (TPSA) is 57.5 Å². The van der Waals surface area contributed by atoms with Crippen molar-refractivity contribution in [2.45, 2.75) is 6.54 Å². The van der Waals surface area contributed by atoms with Crippen LogP contribution in [0.4, 0.5) is 0 Å². The van der Waals surface area contributed by atoms with E-state index in [1.165, 1.54) is 7.11 Å². The van der Waals surface area contributed by atoms with Crippen LogP contribution in [-0.2, 0) is 11.3 Å². The molecule has 0 aliphatic carbocycles. The lowest BCUT2D eigenvalue weighted by atomic mass is 10.1. The molecule has 24 heavy (non-hydrogen) atoms. The number of fused-ring (bicyclic) bond motifs is 1. The summed E-state index contributed by atoms with van der Waals surface area (Å²) < 4.78 is 12.5. The molecule has 0 amide bonds. The van der Waals surface area contributed by atoms with Gasteiger partial charge in [-0.25, -0.2) is 4.79 Å². The maximum atomic E-state index is 11.7. The van der Waals surface area contributed by atoms with Crippen LogP contribution in [0.1, 0.15) is 20.7 Å². The van der Waals surface area contributed by atoms with Crippen molar-refractivity contribution in [2.75, 3.05) is 13.7 Å². The van der Waals surface area contributed by atoms with Crippen molar-refractivity contribution in [3.05, 3.63) is 65.9 Å². The molecule has 0 saturated heterocycles. The molecule has 1 heterocycles. The minimum atomic E-state index is -0.355. The van der Waals surface area contributed by atoms with Crippen LogP contribution in [0.5, 0.6) is 5.75 Å². The fraction of sp³-hybridized carbons (Fsp3) is 0.158. The summed E-state index contributed by atoms with van der Waals surface area (Å²) in [5, 5.41) is 1.05. The second-order valence-corrected chi connectivity index (χ2v) is 5.31. The van der Waals surface area contributed by atoms with Crippen molar-refractivity contribution in [3.8, 4) is 5.75 Å². The molecule has 2 aromatic carbocycles. The maximum Gasteiger partial charge on any atom is 0.337 e. The highest BCUT2D eigenvalue weighted by atomic mass is 16.5. The van der Waals surface area contributed by atoms with Crippen molar-refractivity contribution < 1.29 is 19.1 Å². The van der Waals surface area contributed by atoms with E-state index < -0.39 is 0 Å². The third kappa shape index (κ3) is 3.30. The Kier molecular flexibility index (Phi) is 4.61. The Morgan fingerprint density at radius 3 is 2.83 bits per heavy atom. The standard InChI is InChI=1S/C19H17NO4/c1-23-19(22)16-6-5-15-7-8-20(18(15)12-16)9-10-24-17-4-2-3-14(11-17)13-21/h2-8,11-13H,9-10H2,1H3. The minimum absolute atomic E-state index is 0.355. The number of ether oxygens (including phenoxy) is 2. The van der Waals surface area contributed by atoms with Crippen LogP contribution in [0.15, 0.2) is 54.7 Å². The molecule has 3 rings (SSSR count). The summed E-state index contributed by atoms with van der Waals surface area (Å²) in [6.07, 6.45) is 2.75. The minimum Gasteiger partial charge on any atom is -0.492 e. The number of hydrogen-bond acceptors (Lipinski definition) is 4. The van der Waals surface area contributed by atoms with E-state index in [2.05, 4.69) is 0 Å². The summed E-state index contributed by atoms with van der Waals surface area (Å²) in [5.41, 5.74) is 2.05. The van der Waals surface area contributed by atoms with Crippen LogP contribution in [0.2, 0.25) is 0 Å². The quantitative estimate of drug-likeness (QED) is 0.516. The Morgan fingerprint density at radius 1 is 1.17 bits per heavy atom. The number of carbonyl (C=O) groups is 2. The number of esters is 1. The van der Waals surface area contributed by atoms with Crippen molar-refractivity contribution in [2.24, 2.45) is 0 Å². The first-order valence-corrected chi connectivity index (χ1v) is 7.56. The molecule has 0 atom stereocenters. The van der Waals surface area contributed by atoms with Crippen LogP contribution < -0.4 is 4.74 Å². The van der Waals surface area contributed by atoms with Crippen molar-refractivity contribution in [1.29, 1.82) is 0 Å². The van der Waals surface area contributed by atoms with E-state index in [9.17, 15) is 9.59 Å². The molecule has 5 heteroatoms. The first-order chi connectivity index (χ1) is 11.7. The summed E-state index contributed by atoms with van der Waals surface area (Å²) in [4.78, 5) is 22.4. The monoisotopic (exact) mass is 323 g/mol. The zero-order valence-electron chi connectivity index (χ0n) is 13.3. The Balaban J connectivity index is 1.72. The molecule has 122 valence electrons. The second kappa shape index (κ2) is 7.00. The molecule has 0 unspecified atom stereocenters. The van der Waals surface area contributed by atoms with Crippen LogP contribution in [-0.4, -0.2) is 30.5 Å². The summed E-state index contributed by atoms with van der Waals surface area (Å²) in [7, 11) is 1.37. The van der Waals surface area contributed by atoms with Gasteiger partial charge in [0.25, 0.3) is 0 Å². The van der Waals surface area contributed by atoms with Gasteiger partial charge in [0.1, 0.15) is 18.6 Å². The van der Waals surface area contributed by atoms with Gasteiger partial charge in [0, 0.05) is 17.3 Å². The van der Waals surface area contributed by atoms with E-state index in [4.69, 9.17) is 9.47 Å². The van der Waals surface area contributed by atoms with Gasteiger partial charge in [0.05, 0.1) is 19.2 Å². The predicted octanol–water partition coefficient (Wildman–Crippen LogP) is 3.32. The summed E-state index contributed by atoms with van der Waals surface area (Å²) in [5.74, 6) is 0.304. The van der Waals surface area contributed by atoms with Gasteiger partial charge in [-0.2, -0.15) is 0 Å². The molecular weight excluding hydrogens is 306 g/mol. The lowest BCUT2D eigenvalue weighted by Gasteiger charge is -2.09.